The highest BCUT2D eigenvalue weighted by molar-refractivity contribution is 7.98. The molecule has 154 valence electrons. The molecule has 0 aliphatic carbocycles. The van der Waals surface area contributed by atoms with Gasteiger partial charge in [-0.25, -0.2) is 4.79 Å². The van der Waals surface area contributed by atoms with Crippen molar-refractivity contribution in [3.05, 3.63) is 69.6 Å². The first kappa shape index (κ1) is 20.2. The summed E-state index contributed by atoms with van der Waals surface area (Å²) >= 11 is 1.53. The van der Waals surface area contributed by atoms with Crippen LogP contribution in [0.25, 0.3) is 22.4 Å². The fraction of sp³-hybridized carbons (Fsp3) is 0.261. The largest absolute Gasteiger partial charge is 0.508 e. The van der Waals surface area contributed by atoms with Crippen LogP contribution in [0.2, 0.25) is 0 Å². The summed E-state index contributed by atoms with van der Waals surface area (Å²) in [4.78, 5) is 12.0. The van der Waals surface area contributed by atoms with Crippen molar-refractivity contribution in [2.24, 2.45) is 0 Å². The van der Waals surface area contributed by atoms with E-state index < -0.39 is 5.63 Å². The third-order valence-electron chi connectivity index (χ3n) is 5.08. The molecule has 0 bridgehead atoms. The van der Waals surface area contributed by atoms with Gasteiger partial charge in [0.15, 0.2) is 11.0 Å². The smallest absolute Gasteiger partial charge is 0.336 e. The molecule has 0 saturated heterocycles. The molecule has 0 spiro atoms. The highest BCUT2D eigenvalue weighted by Gasteiger charge is 2.15. The van der Waals surface area contributed by atoms with Gasteiger partial charge in [-0.15, -0.1) is 10.2 Å². The summed E-state index contributed by atoms with van der Waals surface area (Å²) < 4.78 is 7.37. The molecule has 0 fully saturated rings. The lowest BCUT2D eigenvalue weighted by molar-refractivity contribution is 0.466. The zero-order valence-electron chi connectivity index (χ0n) is 17.2. The van der Waals surface area contributed by atoms with Crippen molar-refractivity contribution in [1.82, 2.24) is 14.8 Å². The molecule has 7 heteroatoms. The number of aryl methyl sites for hydroxylation is 2. The Morgan fingerprint density at radius 2 is 1.93 bits per heavy atom. The van der Waals surface area contributed by atoms with Crippen LogP contribution in [-0.4, -0.2) is 19.9 Å². The van der Waals surface area contributed by atoms with E-state index in [2.05, 4.69) is 40.7 Å². The normalized spacial score (nSPS) is 11.3. The van der Waals surface area contributed by atoms with Crippen molar-refractivity contribution in [3.8, 4) is 17.1 Å². The van der Waals surface area contributed by atoms with Crippen LogP contribution < -0.4 is 5.63 Å². The fourth-order valence-electron chi connectivity index (χ4n) is 3.53. The number of thioether (sulfide) groups is 1. The number of rotatable bonds is 6. The van der Waals surface area contributed by atoms with E-state index in [1.807, 2.05) is 25.1 Å². The summed E-state index contributed by atoms with van der Waals surface area (Å²) in [6, 6.07) is 13.1. The van der Waals surface area contributed by atoms with E-state index >= 15 is 0 Å². The molecule has 1 N–H and O–H groups in total. The summed E-state index contributed by atoms with van der Waals surface area (Å²) in [5.41, 5.74) is 3.84. The highest BCUT2D eigenvalue weighted by Crippen LogP contribution is 2.31. The number of hydrogen-bond acceptors (Lipinski definition) is 6. The van der Waals surface area contributed by atoms with Crippen molar-refractivity contribution in [1.29, 1.82) is 0 Å². The van der Waals surface area contributed by atoms with Gasteiger partial charge in [0.1, 0.15) is 11.3 Å². The van der Waals surface area contributed by atoms with E-state index in [-0.39, 0.29) is 5.75 Å². The molecule has 2 aromatic carbocycles. The molecule has 30 heavy (non-hydrogen) atoms. The van der Waals surface area contributed by atoms with Gasteiger partial charge in [0.05, 0.1) is 0 Å². The van der Waals surface area contributed by atoms with E-state index in [4.69, 9.17) is 4.42 Å². The van der Waals surface area contributed by atoms with Gasteiger partial charge in [-0.3, -0.25) is 0 Å². The van der Waals surface area contributed by atoms with Crippen LogP contribution in [0.1, 0.15) is 30.5 Å². The Kier molecular flexibility index (Phi) is 5.63. The molecular formula is C23H23N3O3S. The summed E-state index contributed by atoms with van der Waals surface area (Å²) in [6.07, 6.45) is 0.692. The summed E-state index contributed by atoms with van der Waals surface area (Å²) in [6.45, 7) is 6.84. The molecule has 0 amide bonds. The average molecular weight is 422 g/mol. The SMILES string of the molecule is CCc1cc2c(CSc3nnc(-c4cccc(C)c4)n3CC)cc(=O)oc2cc1O. The predicted octanol–water partition coefficient (Wildman–Crippen LogP) is 4.94. The molecule has 4 aromatic rings. The van der Waals surface area contributed by atoms with Crippen molar-refractivity contribution in [2.75, 3.05) is 0 Å². The van der Waals surface area contributed by atoms with Gasteiger partial charge in [0, 0.05) is 35.4 Å². The molecule has 0 atom stereocenters. The van der Waals surface area contributed by atoms with Crippen LogP contribution >= 0.6 is 11.8 Å². The lowest BCUT2D eigenvalue weighted by atomic mass is 10.1. The van der Waals surface area contributed by atoms with Crippen LogP contribution in [0, 0.1) is 6.92 Å². The number of fused-ring (bicyclic) bond motifs is 1. The Hall–Kier alpha value is -3.06. The van der Waals surface area contributed by atoms with Crippen molar-refractivity contribution < 1.29 is 9.52 Å². The number of aromatic nitrogens is 3. The Morgan fingerprint density at radius 3 is 2.67 bits per heavy atom. The molecule has 0 aliphatic heterocycles. The minimum atomic E-state index is -0.431. The Balaban J connectivity index is 1.69. The van der Waals surface area contributed by atoms with Crippen LogP contribution in [0.5, 0.6) is 5.75 Å². The molecule has 4 rings (SSSR count). The molecule has 2 heterocycles. The van der Waals surface area contributed by atoms with Crippen molar-refractivity contribution in [3.63, 3.8) is 0 Å². The van der Waals surface area contributed by atoms with E-state index in [9.17, 15) is 9.90 Å². The molecule has 0 unspecified atom stereocenters. The van der Waals surface area contributed by atoms with Gasteiger partial charge in [0.2, 0.25) is 0 Å². The standard InChI is InChI=1S/C23H23N3O3S/c1-4-15-10-18-17(11-21(28)29-20(18)12-19(15)27)13-30-23-25-24-22(26(23)5-2)16-8-6-7-14(3)9-16/h6-12,27H,4-5,13H2,1-3H3. The molecule has 0 aliphatic rings. The first-order valence-corrected chi connectivity index (χ1v) is 10.9. The second-order valence-electron chi connectivity index (χ2n) is 7.13. The summed E-state index contributed by atoms with van der Waals surface area (Å²) in [5, 5.41) is 20.5. The molecule has 0 saturated carbocycles. The van der Waals surface area contributed by atoms with Gasteiger partial charge in [-0.2, -0.15) is 0 Å². The second-order valence-corrected chi connectivity index (χ2v) is 8.07. The van der Waals surface area contributed by atoms with Crippen LogP contribution in [-0.2, 0) is 18.7 Å². The van der Waals surface area contributed by atoms with Gasteiger partial charge in [-0.1, -0.05) is 42.4 Å². The number of phenols is 1. The predicted molar refractivity (Wildman–Crippen MR) is 119 cm³/mol. The van der Waals surface area contributed by atoms with Crippen molar-refractivity contribution >= 4 is 22.7 Å². The van der Waals surface area contributed by atoms with Crippen LogP contribution in [0.3, 0.4) is 0 Å². The molecule has 2 aromatic heterocycles. The Bertz CT molecular complexity index is 1280. The van der Waals surface area contributed by atoms with Crippen LogP contribution in [0.4, 0.5) is 0 Å². The first-order valence-electron chi connectivity index (χ1n) is 9.91. The van der Waals surface area contributed by atoms with Gasteiger partial charge < -0.3 is 14.1 Å². The number of benzene rings is 2. The quantitative estimate of drug-likeness (QED) is 0.351. The fourth-order valence-corrected chi connectivity index (χ4v) is 4.52. The minimum absolute atomic E-state index is 0.145. The molecule has 0 radical (unpaired) electrons. The highest BCUT2D eigenvalue weighted by atomic mass is 32.2. The lowest BCUT2D eigenvalue weighted by Crippen LogP contribution is -2.02. The maximum atomic E-state index is 12.0. The number of nitrogens with zero attached hydrogens (tertiary/aromatic N) is 3. The summed E-state index contributed by atoms with van der Waals surface area (Å²) in [7, 11) is 0. The average Bonchev–Trinajstić information content (AvgIpc) is 3.14. The van der Waals surface area contributed by atoms with E-state index in [1.54, 1.807) is 0 Å². The van der Waals surface area contributed by atoms with Crippen LogP contribution in [0.15, 0.2) is 56.8 Å². The van der Waals surface area contributed by atoms with E-state index in [1.165, 1.54) is 29.5 Å². The maximum Gasteiger partial charge on any atom is 0.336 e. The minimum Gasteiger partial charge on any atom is -0.508 e. The number of hydrogen-bond donors (Lipinski definition) is 1. The zero-order valence-corrected chi connectivity index (χ0v) is 18.0. The monoisotopic (exact) mass is 421 g/mol. The van der Waals surface area contributed by atoms with Gasteiger partial charge in [-0.05, 0) is 43.5 Å². The van der Waals surface area contributed by atoms with Gasteiger partial charge in [0.25, 0.3) is 0 Å². The second kappa shape index (κ2) is 8.36. The van der Waals surface area contributed by atoms with Gasteiger partial charge >= 0.3 is 5.63 Å². The van der Waals surface area contributed by atoms with Crippen molar-refractivity contribution in [2.45, 2.75) is 44.6 Å². The summed E-state index contributed by atoms with van der Waals surface area (Å²) in [5.74, 6) is 1.52. The lowest BCUT2D eigenvalue weighted by Gasteiger charge is -2.10. The third-order valence-corrected chi connectivity index (χ3v) is 6.09. The number of phenolic OH excluding ortho intramolecular Hbond substituents is 1. The maximum absolute atomic E-state index is 12.0. The molecular weight excluding hydrogens is 398 g/mol. The first-order chi connectivity index (χ1) is 14.5. The number of aromatic hydroxyl groups is 1. The third kappa shape index (κ3) is 3.85. The topological polar surface area (TPSA) is 81.2 Å². The van der Waals surface area contributed by atoms with E-state index in [0.29, 0.717) is 17.8 Å². The Morgan fingerprint density at radius 1 is 1.10 bits per heavy atom. The molecule has 6 nitrogen and oxygen atoms in total. The zero-order chi connectivity index (χ0) is 21.3. The van der Waals surface area contributed by atoms with E-state index in [0.717, 1.165) is 39.6 Å². The Labute approximate surface area is 178 Å².